The van der Waals surface area contributed by atoms with E-state index in [1.54, 1.807) is 0 Å². The van der Waals surface area contributed by atoms with Crippen molar-refractivity contribution in [2.24, 2.45) is 0 Å². The van der Waals surface area contributed by atoms with Crippen molar-refractivity contribution in [1.29, 1.82) is 0 Å². The van der Waals surface area contributed by atoms with Crippen molar-refractivity contribution in [1.82, 2.24) is 21.9 Å². The van der Waals surface area contributed by atoms with Crippen molar-refractivity contribution >= 4 is 0 Å². The summed E-state index contributed by atoms with van der Waals surface area (Å²) in [7, 11) is 0. The van der Waals surface area contributed by atoms with Gasteiger partial charge in [-0.3, -0.25) is 4.84 Å². The highest BCUT2D eigenvalue weighted by Gasteiger charge is 1.92. The molecule has 1 saturated heterocycles. The van der Waals surface area contributed by atoms with Crippen molar-refractivity contribution in [3.63, 3.8) is 0 Å². The second-order valence-electron chi connectivity index (χ2n) is 2.85. The fraction of sp³-hybridized carbons (Fsp3) is 0.750. The highest BCUT2D eigenvalue weighted by molar-refractivity contribution is 4.80. The van der Waals surface area contributed by atoms with E-state index in [4.69, 9.17) is 4.84 Å². The van der Waals surface area contributed by atoms with Crippen LogP contribution in [0.15, 0.2) is 12.3 Å². The van der Waals surface area contributed by atoms with Gasteiger partial charge in [-0.05, 0) is 19.3 Å². The lowest BCUT2D eigenvalue weighted by Crippen LogP contribution is -2.38. The van der Waals surface area contributed by atoms with Gasteiger partial charge in [0, 0.05) is 19.3 Å². The second-order valence-corrected chi connectivity index (χ2v) is 2.85. The molecule has 0 spiro atoms. The van der Waals surface area contributed by atoms with Gasteiger partial charge in [0.1, 0.15) is 0 Å². The Morgan fingerprint density at radius 1 is 1.08 bits per heavy atom. The summed E-state index contributed by atoms with van der Waals surface area (Å²) >= 11 is 0. The molecule has 1 fully saturated rings. The van der Waals surface area contributed by atoms with Crippen LogP contribution < -0.4 is 21.9 Å². The van der Waals surface area contributed by atoms with E-state index in [2.05, 4.69) is 27.9 Å². The highest BCUT2D eigenvalue weighted by Crippen LogP contribution is 1.88. The number of allylic oxidation sites excluding steroid dienone is 1. The van der Waals surface area contributed by atoms with E-state index in [9.17, 15) is 0 Å². The first kappa shape index (κ1) is 10.5. The Labute approximate surface area is 78.8 Å². The molecule has 4 N–H and O–H groups in total. The van der Waals surface area contributed by atoms with Crippen LogP contribution in [0.5, 0.6) is 0 Å². The summed E-state index contributed by atoms with van der Waals surface area (Å²) in [5.74, 6) is 0. The lowest BCUT2D eigenvalue weighted by Gasteiger charge is -2.11. The standard InChI is InChI=1S/C5H10N2.C3H8N2O/c1-2-4-6-7-5-3-1;1-2-4-5-6-3-1/h2,4,6-7H,1,3,5H2;4-5H,1-3H2. The van der Waals surface area contributed by atoms with Crippen LogP contribution in [0.2, 0.25) is 0 Å². The molecule has 76 valence electrons. The molecule has 2 heterocycles. The first-order chi connectivity index (χ1) is 6.50. The maximum absolute atomic E-state index is 4.71. The van der Waals surface area contributed by atoms with E-state index in [1.807, 2.05) is 6.20 Å². The Hall–Kier alpha value is -0.620. The fourth-order valence-electron chi connectivity index (χ4n) is 0.967. The van der Waals surface area contributed by atoms with E-state index in [1.165, 1.54) is 12.8 Å². The largest absolute Gasteiger partial charge is 0.329 e. The van der Waals surface area contributed by atoms with Gasteiger partial charge in [0.05, 0.1) is 6.61 Å². The predicted octanol–water partition coefficient (Wildman–Crippen LogP) is -0.196. The minimum Gasteiger partial charge on any atom is -0.329 e. The zero-order valence-electron chi connectivity index (χ0n) is 7.81. The lowest BCUT2D eigenvalue weighted by atomic mass is 10.3. The van der Waals surface area contributed by atoms with E-state index in [-0.39, 0.29) is 0 Å². The third-order valence-electron chi connectivity index (χ3n) is 1.67. The third kappa shape index (κ3) is 6.53. The predicted molar refractivity (Wildman–Crippen MR) is 51.2 cm³/mol. The van der Waals surface area contributed by atoms with Gasteiger partial charge >= 0.3 is 0 Å². The summed E-state index contributed by atoms with van der Waals surface area (Å²) in [5, 5.41) is 0. The van der Waals surface area contributed by atoms with Crippen LogP contribution in [0, 0.1) is 0 Å². The fourth-order valence-corrected chi connectivity index (χ4v) is 0.967. The van der Waals surface area contributed by atoms with E-state index < -0.39 is 0 Å². The molecule has 0 amide bonds. The number of hydrazine groups is 2. The average Bonchev–Trinajstić information content (AvgIpc) is 2.53. The molecule has 0 aromatic rings. The number of hydrogen-bond donors (Lipinski definition) is 4. The Kier molecular flexibility index (Phi) is 6.44. The molecule has 0 aromatic heterocycles. The van der Waals surface area contributed by atoms with Gasteiger partial charge in [0.2, 0.25) is 0 Å². The number of hydrogen-bond acceptors (Lipinski definition) is 5. The minimum atomic E-state index is 0.826. The molecule has 0 radical (unpaired) electrons. The Morgan fingerprint density at radius 3 is 2.62 bits per heavy atom. The zero-order valence-corrected chi connectivity index (χ0v) is 7.81. The molecule has 0 aromatic carbocycles. The summed E-state index contributed by atoms with van der Waals surface area (Å²) in [6.07, 6.45) is 7.60. The summed E-state index contributed by atoms with van der Waals surface area (Å²) in [6.45, 7) is 2.92. The molecule has 5 nitrogen and oxygen atoms in total. The first-order valence-corrected chi connectivity index (χ1v) is 4.73. The summed E-state index contributed by atoms with van der Waals surface area (Å²) in [6, 6.07) is 0. The van der Waals surface area contributed by atoms with Crippen molar-refractivity contribution < 1.29 is 4.84 Å². The molecule has 0 bridgehead atoms. The SMILES string of the molecule is C1=CNNCCC1.C1CNNOC1. The Bertz CT molecular complexity index is 117. The van der Waals surface area contributed by atoms with E-state index >= 15 is 0 Å². The van der Waals surface area contributed by atoms with Crippen LogP contribution in [-0.2, 0) is 4.84 Å². The van der Waals surface area contributed by atoms with Gasteiger partial charge in [-0.2, -0.15) is 0 Å². The second kappa shape index (κ2) is 8.00. The molecule has 13 heavy (non-hydrogen) atoms. The minimum absolute atomic E-state index is 0.826. The molecule has 2 rings (SSSR count). The third-order valence-corrected chi connectivity index (χ3v) is 1.67. The summed E-state index contributed by atoms with van der Waals surface area (Å²) < 4.78 is 0. The Morgan fingerprint density at radius 2 is 2.00 bits per heavy atom. The summed E-state index contributed by atoms with van der Waals surface area (Å²) in [4.78, 5) is 4.71. The van der Waals surface area contributed by atoms with Gasteiger partial charge in [-0.25, -0.2) is 10.9 Å². The van der Waals surface area contributed by atoms with Gasteiger partial charge in [-0.15, -0.1) is 5.59 Å². The number of rotatable bonds is 0. The van der Waals surface area contributed by atoms with E-state index in [0.29, 0.717) is 0 Å². The molecule has 0 atom stereocenters. The molecule has 0 unspecified atom stereocenters. The molecular formula is C8H18N4O. The topological polar surface area (TPSA) is 57.3 Å². The monoisotopic (exact) mass is 186 g/mol. The van der Waals surface area contributed by atoms with Crippen molar-refractivity contribution in [3.8, 4) is 0 Å². The maximum Gasteiger partial charge on any atom is 0.0711 e. The smallest absolute Gasteiger partial charge is 0.0711 e. The van der Waals surface area contributed by atoms with Crippen LogP contribution in [0.3, 0.4) is 0 Å². The molecule has 2 aliphatic rings. The van der Waals surface area contributed by atoms with Crippen LogP contribution in [-0.4, -0.2) is 19.7 Å². The molecule has 0 aliphatic carbocycles. The zero-order chi connectivity index (χ0) is 9.19. The van der Waals surface area contributed by atoms with Gasteiger partial charge in [0.15, 0.2) is 0 Å². The van der Waals surface area contributed by atoms with Crippen LogP contribution in [0.4, 0.5) is 0 Å². The average molecular weight is 186 g/mol. The lowest BCUT2D eigenvalue weighted by molar-refractivity contribution is -0.0180. The maximum atomic E-state index is 4.71. The van der Waals surface area contributed by atoms with Gasteiger partial charge < -0.3 is 5.43 Å². The van der Waals surface area contributed by atoms with E-state index in [0.717, 1.165) is 26.1 Å². The molecular weight excluding hydrogens is 168 g/mol. The van der Waals surface area contributed by atoms with Gasteiger partial charge in [0.25, 0.3) is 0 Å². The van der Waals surface area contributed by atoms with Crippen molar-refractivity contribution in [2.45, 2.75) is 19.3 Å². The Balaban J connectivity index is 0.000000132. The van der Waals surface area contributed by atoms with Crippen molar-refractivity contribution in [2.75, 3.05) is 19.7 Å². The van der Waals surface area contributed by atoms with Crippen LogP contribution in [0.1, 0.15) is 19.3 Å². The quantitative estimate of drug-likeness (QED) is 0.422. The normalized spacial score (nSPS) is 22.2. The molecule has 5 heteroatoms. The highest BCUT2D eigenvalue weighted by atomic mass is 16.7. The van der Waals surface area contributed by atoms with Crippen LogP contribution >= 0.6 is 0 Å². The molecule has 0 saturated carbocycles. The summed E-state index contributed by atoms with van der Waals surface area (Å²) in [5.41, 5.74) is 11.3. The van der Waals surface area contributed by atoms with Crippen LogP contribution in [0.25, 0.3) is 0 Å². The number of nitrogens with one attached hydrogen (secondary N) is 4. The first-order valence-electron chi connectivity index (χ1n) is 4.73. The van der Waals surface area contributed by atoms with Gasteiger partial charge in [-0.1, -0.05) is 6.08 Å². The molecule has 2 aliphatic heterocycles. The van der Waals surface area contributed by atoms with Crippen molar-refractivity contribution in [3.05, 3.63) is 12.3 Å².